The molecule has 4 aliphatic carbocycles. The molecule has 7 heteroatoms. The minimum absolute atomic E-state index is 0.0887. The van der Waals surface area contributed by atoms with Crippen molar-refractivity contribution in [2.24, 2.45) is 34.5 Å². The lowest BCUT2D eigenvalue weighted by atomic mass is 9.45. The Morgan fingerprint density at radius 3 is 2.29 bits per heavy atom. The van der Waals surface area contributed by atoms with Crippen LogP contribution in [0.1, 0.15) is 86.5 Å². The van der Waals surface area contributed by atoms with E-state index < -0.39 is 51.9 Å². The van der Waals surface area contributed by atoms with Gasteiger partial charge in [0.15, 0.2) is 5.78 Å². The highest BCUT2D eigenvalue weighted by atomic mass is 16.3. The van der Waals surface area contributed by atoms with Crippen LogP contribution >= 0.6 is 0 Å². The molecule has 0 spiro atoms. The first-order chi connectivity index (χ1) is 15.9. The lowest BCUT2D eigenvalue weighted by Gasteiger charge is -2.60. The van der Waals surface area contributed by atoms with Gasteiger partial charge in [0, 0.05) is 11.3 Å². The molecule has 0 radical (unpaired) electrons. The molecule has 0 aromatic heterocycles. The van der Waals surface area contributed by atoms with Crippen LogP contribution in [0.3, 0.4) is 0 Å². The summed E-state index contributed by atoms with van der Waals surface area (Å²) in [6.45, 7) is 10.9. The summed E-state index contributed by atoms with van der Waals surface area (Å²) in [6, 6.07) is 0. The van der Waals surface area contributed by atoms with Gasteiger partial charge in [0.25, 0.3) is 0 Å². The average molecular weight is 495 g/mol. The fourth-order valence-electron chi connectivity index (χ4n) is 8.40. The molecule has 4 aliphatic rings. The summed E-state index contributed by atoms with van der Waals surface area (Å²) in [6.07, 6.45) is 1.71. The Morgan fingerprint density at radius 1 is 1.06 bits per heavy atom. The molecular weight excluding hydrogens is 448 g/mol. The minimum Gasteiger partial charge on any atom is -0.390 e. The van der Waals surface area contributed by atoms with Gasteiger partial charge < -0.3 is 30.6 Å². The van der Waals surface area contributed by atoms with Crippen LogP contribution in [0.2, 0.25) is 0 Å². The van der Waals surface area contributed by atoms with Crippen molar-refractivity contribution in [2.75, 3.05) is 0 Å². The van der Waals surface area contributed by atoms with Crippen molar-refractivity contribution in [1.82, 2.24) is 0 Å². The van der Waals surface area contributed by atoms with Crippen LogP contribution in [-0.2, 0) is 4.79 Å². The van der Waals surface area contributed by atoms with Crippen molar-refractivity contribution in [3.63, 3.8) is 0 Å². The SMILES string of the molecule is C[C@@H](C[C@@H](O)[C@](C)(O)[C@H]1CC[C@@]2(O)C3=CC(=O)[C@@H]4C[C@@H](O)[C@@H](O)C[C@]4(C)[C@H]3CC[C@]12C)C(C)(C)O. The van der Waals surface area contributed by atoms with E-state index in [1.165, 1.54) is 0 Å². The summed E-state index contributed by atoms with van der Waals surface area (Å²) in [5.74, 6) is -1.21. The van der Waals surface area contributed by atoms with Crippen molar-refractivity contribution in [3.8, 4) is 0 Å². The molecule has 200 valence electrons. The molecule has 6 N–H and O–H groups in total. The van der Waals surface area contributed by atoms with Crippen molar-refractivity contribution < 1.29 is 35.4 Å². The number of carbonyl (C=O) groups is 1. The lowest BCUT2D eigenvalue weighted by molar-refractivity contribution is -0.179. The number of rotatable bonds is 5. The number of allylic oxidation sites excluding steroid dienone is 1. The van der Waals surface area contributed by atoms with Gasteiger partial charge >= 0.3 is 0 Å². The smallest absolute Gasteiger partial charge is 0.159 e. The third-order valence-corrected chi connectivity index (χ3v) is 11.3. The third kappa shape index (κ3) is 3.88. The molecule has 35 heavy (non-hydrogen) atoms. The second-order valence-corrected chi connectivity index (χ2v) is 13.6. The van der Waals surface area contributed by atoms with Gasteiger partial charge in [-0.2, -0.15) is 0 Å². The largest absolute Gasteiger partial charge is 0.390 e. The van der Waals surface area contributed by atoms with Crippen molar-refractivity contribution in [2.45, 2.75) is 122 Å². The zero-order valence-electron chi connectivity index (χ0n) is 22.2. The van der Waals surface area contributed by atoms with Crippen molar-refractivity contribution in [3.05, 3.63) is 11.6 Å². The molecule has 3 saturated carbocycles. The lowest BCUT2D eigenvalue weighted by Crippen LogP contribution is -2.63. The fourth-order valence-corrected chi connectivity index (χ4v) is 8.40. The van der Waals surface area contributed by atoms with E-state index in [0.29, 0.717) is 37.7 Å². The zero-order chi connectivity index (χ0) is 26.4. The number of ketones is 1. The van der Waals surface area contributed by atoms with Crippen molar-refractivity contribution in [1.29, 1.82) is 0 Å². The maximum atomic E-state index is 13.3. The fraction of sp³-hybridized carbons (Fsp3) is 0.893. The van der Waals surface area contributed by atoms with Gasteiger partial charge in [0.2, 0.25) is 0 Å². The molecule has 0 unspecified atom stereocenters. The van der Waals surface area contributed by atoms with Gasteiger partial charge in [-0.15, -0.1) is 0 Å². The van der Waals surface area contributed by atoms with Gasteiger partial charge in [-0.25, -0.2) is 0 Å². The number of carbonyl (C=O) groups excluding carboxylic acids is 1. The van der Waals surface area contributed by atoms with E-state index in [-0.39, 0.29) is 36.4 Å². The molecule has 0 aromatic rings. The standard InChI is InChI=1S/C28H46O7/c1-15(24(2,3)33)11-23(32)27(6,34)22-8-10-28(35)17-12-19(29)18-13-20(30)21(31)14-25(18,4)16(17)7-9-26(22,28)5/h12,15-16,18,20-23,30-35H,7-11,13-14H2,1-6H3/t15-,16-,18-,20+,21-,22-,23+,25+,26+,27+,28+/m0/s1. The molecule has 3 fully saturated rings. The Balaban J connectivity index is 1.67. The topological polar surface area (TPSA) is 138 Å². The monoisotopic (exact) mass is 494 g/mol. The number of aliphatic hydroxyl groups is 6. The summed E-state index contributed by atoms with van der Waals surface area (Å²) in [7, 11) is 0. The molecule has 11 atom stereocenters. The first-order valence-corrected chi connectivity index (χ1v) is 13.4. The third-order valence-electron chi connectivity index (χ3n) is 11.3. The van der Waals surface area contributed by atoms with E-state index in [0.717, 1.165) is 0 Å². The molecule has 4 rings (SSSR count). The normalized spacial score (nSPS) is 47.1. The summed E-state index contributed by atoms with van der Waals surface area (Å²) >= 11 is 0. The Labute approximate surface area is 209 Å². The molecule has 0 aromatic carbocycles. The van der Waals surface area contributed by atoms with E-state index in [1.807, 2.05) is 20.8 Å². The van der Waals surface area contributed by atoms with Gasteiger partial charge in [0.1, 0.15) is 0 Å². The first kappa shape index (κ1) is 27.2. The quantitative estimate of drug-likeness (QED) is 0.344. The Kier molecular flexibility index (Phi) is 6.48. The molecule has 0 bridgehead atoms. The van der Waals surface area contributed by atoms with E-state index in [9.17, 15) is 35.4 Å². The van der Waals surface area contributed by atoms with Crippen LogP contribution in [0.15, 0.2) is 11.6 Å². The second kappa shape index (κ2) is 8.34. The van der Waals surface area contributed by atoms with Gasteiger partial charge in [-0.3, -0.25) is 4.79 Å². The number of fused-ring (bicyclic) bond motifs is 5. The maximum Gasteiger partial charge on any atom is 0.159 e. The summed E-state index contributed by atoms with van der Waals surface area (Å²) < 4.78 is 0. The Bertz CT molecular complexity index is 890. The molecular formula is C28H46O7. The molecule has 0 amide bonds. The highest BCUT2D eigenvalue weighted by Crippen LogP contribution is 2.68. The maximum absolute atomic E-state index is 13.3. The summed E-state index contributed by atoms with van der Waals surface area (Å²) in [5.41, 5.74) is -4.35. The van der Waals surface area contributed by atoms with Gasteiger partial charge in [-0.05, 0) is 101 Å². The number of hydrogen-bond acceptors (Lipinski definition) is 7. The first-order valence-electron chi connectivity index (χ1n) is 13.4. The van der Waals surface area contributed by atoms with Crippen LogP contribution in [0.25, 0.3) is 0 Å². The highest BCUT2D eigenvalue weighted by molar-refractivity contribution is 5.95. The van der Waals surface area contributed by atoms with E-state index >= 15 is 0 Å². The minimum atomic E-state index is -1.48. The molecule has 0 saturated heterocycles. The van der Waals surface area contributed by atoms with E-state index in [1.54, 1.807) is 26.8 Å². The van der Waals surface area contributed by atoms with Gasteiger partial charge in [-0.1, -0.05) is 20.8 Å². The predicted octanol–water partition coefficient (Wildman–Crippen LogP) is 2.10. The molecule has 7 nitrogen and oxygen atoms in total. The predicted molar refractivity (Wildman–Crippen MR) is 131 cm³/mol. The summed E-state index contributed by atoms with van der Waals surface area (Å²) in [4.78, 5) is 13.3. The van der Waals surface area contributed by atoms with Crippen molar-refractivity contribution >= 4 is 5.78 Å². The average Bonchev–Trinajstić information content (AvgIpc) is 3.01. The van der Waals surface area contributed by atoms with Crippen LogP contribution in [0.4, 0.5) is 0 Å². The van der Waals surface area contributed by atoms with E-state index in [2.05, 4.69) is 0 Å². The van der Waals surface area contributed by atoms with Crippen LogP contribution in [-0.4, -0.2) is 71.5 Å². The van der Waals surface area contributed by atoms with Crippen LogP contribution in [0, 0.1) is 34.5 Å². The Morgan fingerprint density at radius 2 is 1.69 bits per heavy atom. The number of aliphatic hydroxyl groups excluding tert-OH is 3. The molecule has 0 heterocycles. The second-order valence-electron chi connectivity index (χ2n) is 13.6. The zero-order valence-corrected chi connectivity index (χ0v) is 22.2. The highest BCUT2D eigenvalue weighted by Gasteiger charge is 2.69. The van der Waals surface area contributed by atoms with Gasteiger partial charge in [0.05, 0.1) is 35.1 Å². The Hall–Kier alpha value is -0.830. The summed E-state index contributed by atoms with van der Waals surface area (Å²) in [5, 5.41) is 66.1. The van der Waals surface area contributed by atoms with Crippen LogP contribution in [0.5, 0.6) is 0 Å². The number of hydrogen-bond donors (Lipinski definition) is 6. The van der Waals surface area contributed by atoms with Crippen LogP contribution < -0.4 is 0 Å². The van der Waals surface area contributed by atoms with E-state index in [4.69, 9.17) is 0 Å². The molecule has 0 aliphatic heterocycles.